The van der Waals surface area contributed by atoms with E-state index in [-0.39, 0.29) is 24.2 Å². The van der Waals surface area contributed by atoms with Crippen molar-refractivity contribution in [2.24, 2.45) is 0 Å². The molecule has 0 aliphatic carbocycles. The smallest absolute Gasteiger partial charge is 0.302 e. The van der Waals surface area contributed by atoms with E-state index >= 15 is 0 Å². The molecular weight excluding hydrogens is 338 g/mol. The van der Waals surface area contributed by atoms with E-state index < -0.39 is 0 Å². The second-order valence-corrected chi connectivity index (χ2v) is 7.17. The van der Waals surface area contributed by atoms with Gasteiger partial charge in [-0.2, -0.15) is 0 Å². The van der Waals surface area contributed by atoms with E-state index in [2.05, 4.69) is 48.2 Å². The first-order chi connectivity index (χ1) is 13.1. The predicted octanol–water partition coefficient (Wildman–Crippen LogP) is 4.36. The first-order valence-electron chi connectivity index (χ1n) is 9.74. The molecule has 0 amide bonds. The Labute approximate surface area is 162 Å². The normalized spacial score (nSPS) is 21.6. The highest BCUT2D eigenvalue weighted by atomic mass is 16.5. The number of piperidine rings is 1. The zero-order valence-electron chi connectivity index (χ0n) is 16.2. The predicted molar refractivity (Wildman–Crippen MR) is 106 cm³/mol. The van der Waals surface area contributed by atoms with Crippen LogP contribution >= 0.6 is 0 Å². The lowest BCUT2D eigenvalue weighted by Gasteiger charge is -2.44. The Balaban J connectivity index is 1.73. The fraction of sp³-hybridized carbons (Fsp3) is 0.435. The van der Waals surface area contributed by atoms with Gasteiger partial charge in [0.15, 0.2) is 0 Å². The van der Waals surface area contributed by atoms with Crippen molar-refractivity contribution in [3.05, 3.63) is 71.8 Å². The molecule has 1 aliphatic heterocycles. The summed E-state index contributed by atoms with van der Waals surface area (Å²) in [5.74, 6) is -0.241. The molecule has 0 N–H and O–H groups in total. The van der Waals surface area contributed by atoms with Crippen molar-refractivity contribution in [3.63, 3.8) is 0 Å². The maximum atomic E-state index is 11.4. The van der Waals surface area contributed by atoms with Crippen LogP contribution in [0.2, 0.25) is 0 Å². The van der Waals surface area contributed by atoms with Crippen LogP contribution < -0.4 is 0 Å². The Hall–Kier alpha value is -2.17. The molecule has 1 fully saturated rings. The standard InChI is InChI=1S/C23H29NO3/c1-18(21-12-7-4-8-13-21)24-15-9-14-23(22(24)17-26-19(2)25)27-16-20-10-5-3-6-11-20/h3-8,10-13,18,22-23H,9,14-17H2,1-2H3/t18-,22+,23-/m1/s1. The van der Waals surface area contributed by atoms with Crippen molar-refractivity contribution in [1.29, 1.82) is 0 Å². The highest BCUT2D eigenvalue weighted by molar-refractivity contribution is 5.65. The molecule has 3 atom stereocenters. The van der Waals surface area contributed by atoms with Crippen LogP contribution in [0.1, 0.15) is 43.9 Å². The molecule has 0 unspecified atom stereocenters. The third kappa shape index (κ3) is 5.41. The molecular formula is C23H29NO3. The molecule has 2 aromatic rings. The van der Waals surface area contributed by atoms with Gasteiger partial charge in [0, 0.05) is 13.0 Å². The molecule has 1 saturated heterocycles. The van der Waals surface area contributed by atoms with Gasteiger partial charge in [0.25, 0.3) is 0 Å². The summed E-state index contributed by atoms with van der Waals surface area (Å²) < 4.78 is 11.7. The molecule has 4 nitrogen and oxygen atoms in total. The number of rotatable bonds is 7. The van der Waals surface area contributed by atoms with Gasteiger partial charge in [-0.25, -0.2) is 0 Å². The van der Waals surface area contributed by atoms with Gasteiger partial charge < -0.3 is 9.47 Å². The summed E-state index contributed by atoms with van der Waals surface area (Å²) in [6.45, 7) is 5.61. The molecule has 1 aliphatic rings. The molecule has 144 valence electrons. The molecule has 0 radical (unpaired) electrons. The van der Waals surface area contributed by atoms with Gasteiger partial charge >= 0.3 is 5.97 Å². The highest BCUT2D eigenvalue weighted by Gasteiger charge is 2.36. The Morgan fingerprint density at radius 2 is 1.78 bits per heavy atom. The third-order valence-electron chi connectivity index (χ3n) is 5.30. The number of benzene rings is 2. The summed E-state index contributed by atoms with van der Waals surface area (Å²) in [5.41, 5.74) is 2.44. The topological polar surface area (TPSA) is 38.8 Å². The quantitative estimate of drug-likeness (QED) is 0.682. The average Bonchev–Trinajstić information content (AvgIpc) is 2.71. The molecule has 27 heavy (non-hydrogen) atoms. The number of hydrogen-bond acceptors (Lipinski definition) is 4. The Morgan fingerprint density at radius 1 is 1.11 bits per heavy atom. The van der Waals surface area contributed by atoms with Crippen molar-refractivity contribution >= 4 is 5.97 Å². The van der Waals surface area contributed by atoms with Crippen LogP contribution in [0.3, 0.4) is 0 Å². The second kappa shape index (κ2) is 9.67. The van der Waals surface area contributed by atoms with Crippen LogP contribution in [0.4, 0.5) is 0 Å². The zero-order chi connectivity index (χ0) is 19.1. The Bertz CT molecular complexity index is 704. The monoisotopic (exact) mass is 367 g/mol. The fourth-order valence-electron chi connectivity index (χ4n) is 3.83. The lowest BCUT2D eigenvalue weighted by molar-refractivity contribution is -0.148. The van der Waals surface area contributed by atoms with E-state index in [1.165, 1.54) is 12.5 Å². The van der Waals surface area contributed by atoms with Gasteiger partial charge in [-0.1, -0.05) is 60.7 Å². The van der Waals surface area contributed by atoms with Crippen molar-refractivity contribution < 1.29 is 14.3 Å². The zero-order valence-corrected chi connectivity index (χ0v) is 16.2. The van der Waals surface area contributed by atoms with Crippen LogP contribution in [0.5, 0.6) is 0 Å². The number of nitrogens with zero attached hydrogens (tertiary/aromatic N) is 1. The number of carbonyl (C=O) groups is 1. The fourth-order valence-corrected chi connectivity index (χ4v) is 3.83. The van der Waals surface area contributed by atoms with Gasteiger partial charge in [0.1, 0.15) is 6.61 Å². The Morgan fingerprint density at radius 3 is 2.44 bits per heavy atom. The van der Waals surface area contributed by atoms with Crippen molar-refractivity contribution in [1.82, 2.24) is 4.90 Å². The minimum absolute atomic E-state index is 0.0458. The van der Waals surface area contributed by atoms with E-state index in [9.17, 15) is 4.79 Å². The summed E-state index contributed by atoms with van der Waals surface area (Å²) in [4.78, 5) is 13.9. The van der Waals surface area contributed by atoms with Crippen LogP contribution in [-0.2, 0) is 20.9 Å². The molecule has 3 rings (SSSR count). The van der Waals surface area contributed by atoms with Crippen molar-refractivity contribution in [2.45, 2.75) is 51.5 Å². The van der Waals surface area contributed by atoms with Crippen LogP contribution in [-0.4, -0.2) is 36.2 Å². The maximum absolute atomic E-state index is 11.4. The summed E-state index contributed by atoms with van der Waals surface area (Å²) in [5, 5.41) is 0. The first-order valence-corrected chi connectivity index (χ1v) is 9.74. The van der Waals surface area contributed by atoms with Crippen LogP contribution in [0.15, 0.2) is 60.7 Å². The SMILES string of the molecule is CC(=O)OC[C@H]1[C@H](OCc2ccccc2)CCCN1[C@H](C)c1ccccc1. The van der Waals surface area contributed by atoms with E-state index in [0.717, 1.165) is 24.9 Å². The minimum atomic E-state index is -0.241. The molecule has 0 bridgehead atoms. The Kier molecular flexibility index (Phi) is 7.02. The van der Waals surface area contributed by atoms with E-state index in [1.807, 2.05) is 24.3 Å². The third-order valence-corrected chi connectivity index (χ3v) is 5.30. The average molecular weight is 367 g/mol. The number of esters is 1. The van der Waals surface area contributed by atoms with Crippen LogP contribution in [0, 0.1) is 0 Å². The van der Waals surface area contributed by atoms with Crippen molar-refractivity contribution in [3.8, 4) is 0 Å². The summed E-state index contributed by atoms with van der Waals surface area (Å²) >= 11 is 0. The van der Waals surface area contributed by atoms with Gasteiger partial charge in [-0.15, -0.1) is 0 Å². The van der Waals surface area contributed by atoms with Gasteiger partial charge in [0.2, 0.25) is 0 Å². The molecule has 0 saturated carbocycles. The summed E-state index contributed by atoms with van der Waals surface area (Å²) in [6, 6.07) is 21.0. The van der Waals surface area contributed by atoms with Gasteiger partial charge in [-0.05, 0) is 37.4 Å². The second-order valence-electron chi connectivity index (χ2n) is 7.17. The summed E-state index contributed by atoms with van der Waals surface area (Å²) in [6.07, 6.45) is 2.11. The number of likely N-dealkylation sites (tertiary alicyclic amines) is 1. The first kappa shape index (κ1) is 19.6. The van der Waals surface area contributed by atoms with Gasteiger partial charge in [0.05, 0.1) is 18.8 Å². The molecule has 2 aromatic carbocycles. The minimum Gasteiger partial charge on any atom is -0.464 e. The van der Waals surface area contributed by atoms with Gasteiger partial charge in [-0.3, -0.25) is 9.69 Å². The molecule has 4 heteroatoms. The molecule has 0 aromatic heterocycles. The lowest BCUT2D eigenvalue weighted by atomic mass is 9.95. The summed E-state index contributed by atoms with van der Waals surface area (Å²) in [7, 11) is 0. The van der Waals surface area contributed by atoms with E-state index in [4.69, 9.17) is 9.47 Å². The molecule has 1 heterocycles. The largest absolute Gasteiger partial charge is 0.464 e. The van der Waals surface area contributed by atoms with E-state index in [1.54, 1.807) is 0 Å². The highest BCUT2D eigenvalue weighted by Crippen LogP contribution is 2.30. The molecule has 0 spiro atoms. The van der Waals surface area contributed by atoms with Crippen LogP contribution in [0.25, 0.3) is 0 Å². The van der Waals surface area contributed by atoms with Crippen molar-refractivity contribution in [2.75, 3.05) is 13.2 Å². The number of ether oxygens (including phenoxy) is 2. The lowest BCUT2D eigenvalue weighted by Crippen LogP contribution is -2.52. The maximum Gasteiger partial charge on any atom is 0.302 e. The van der Waals surface area contributed by atoms with E-state index in [0.29, 0.717) is 13.2 Å². The number of carbonyl (C=O) groups excluding carboxylic acids is 1. The number of hydrogen-bond donors (Lipinski definition) is 0.